The van der Waals surface area contributed by atoms with Gasteiger partial charge in [0.25, 0.3) is 5.91 Å². The monoisotopic (exact) mass is 474 g/mol. The second kappa shape index (κ2) is 10.4. The second-order valence-electron chi connectivity index (χ2n) is 7.29. The third-order valence-electron chi connectivity index (χ3n) is 4.95. The third-order valence-corrected chi connectivity index (χ3v) is 4.95. The number of fused-ring (bicyclic) bond motifs is 1. The first-order chi connectivity index (χ1) is 17.0. The van der Waals surface area contributed by atoms with Gasteiger partial charge in [-0.05, 0) is 60.2 Å². The van der Waals surface area contributed by atoms with Gasteiger partial charge in [-0.3, -0.25) is 4.79 Å². The highest BCUT2D eigenvalue weighted by molar-refractivity contribution is 6.09. The van der Waals surface area contributed by atoms with Crippen LogP contribution in [0.25, 0.3) is 6.08 Å². The minimum atomic E-state index is -0.692. The molecule has 0 unspecified atom stereocenters. The summed E-state index contributed by atoms with van der Waals surface area (Å²) < 4.78 is 34.7. The van der Waals surface area contributed by atoms with Gasteiger partial charge in [0.2, 0.25) is 0 Å². The van der Waals surface area contributed by atoms with Crippen molar-refractivity contribution in [2.24, 2.45) is 0 Å². The molecule has 0 atom stereocenters. The molecule has 176 valence electrons. The molecule has 0 saturated carbocycles. The highest BCUT2D eigenvalue weighted by Crippen LogP contribution is 2.33. The summed E-state index contributed by atoms with van der Waals surface area (Å²) in [6.45, 7) is 0.860. The van der Waals surface area contributed by atoms with Crippen LogP contribution in [0.3, 0.4) is 0 Å². The number of carbonyl (C=O) groups excluding carboxylic acids is 2. The lowest BCUT2D eigenvalue weighted by atomic mass is 10.1. The summed E-state index contributed by atoms with van der Waals surface area (Å²) in [5.74, 6) is -0.360. The number of nitrogens with one attached hydrogen (secondary N) is 1. The van der Waals surface area contributed by atoms with E-state index in [-0.39, 0.29) is 22.6 Å². The molecule has 1 aliphatic heterocycles. The van der Waals surface area contributed by atoms with E-state index < -0.39 is 17.7 Å². The quantitative estimate of drug-likeness (QED) is 0.245. The van der Waals surface area contributed by atoms with Crippen LogP contribution < -0.4 is 24.3 Å². The molecule has 0 saturated heterocycles. The van der Waals surface area contributed by atoms with E-state index in [1.165, 1.54) is 37.5 Å². The average Bonchev–Trinajstić information content (AvgIpc) is 2.88. The van der Waals surface area contributed by atoms with Gasteiger partial charge in [-0.2, -0.15) is 5.26 Å². The molecule has 3 aromatic rings. The zero-order valence-corrected chi connectivity index (χ0v) is 18.5. The fraction of sp³-hybridized carbons (Fsp3) is 0.115. The maximum Gasteiger partial charge on any atom is 0.343 e. The Morgan fingerprint density at radius 3 is 2.46 bits per heavy atom. The summed E-state index contributed by atoms with van der Waals surface area (Å²) in [5.41, 5.74) is 0.927. The van der Waals surface area contributed by atoms with E-state index in [0.29, 0.717) is 36.0 Å². The Kier molecular flexibility index (Phi) is 6.93. The van der Waals surface area contributed by atoms with E-state index in [1.807, 2.05) is 6.07 Å². The fourth-order valence-corrected chi connectivity index (χ4v) is 3.24. The van der Waals surface area contributed by atoms with Crippen LogP contribution in [0.2, 0.25) is 0 Å². The number of esters is 1. The van der Waals surface area contributed by atoms with Crippen molar-refractivity contribution in [1.29, 1.82) is 5.26 Å². The Balaban J connectivity index is 1.50. The first kappa shape index (κ1) is 23.3. The van der Waals surface area contributed by atoms with Crippen molar-refractivity contribution < 1.29 is 32.9 Å². The van der Waals surface area contributed by atoms with Crippen LogP contribution in [0.1, 0.15) is 15.9 Å². The van der Waals surface area contributed by atoms with E-state index in [1.54, 1.807) is 24.3 Å². The lowest BCUT2D eigenvalue weighted by molar-refractivity contribution is -0.112. The topological polar surface area (TPSA) is 107 Å². The number of carbonyl (C=O) groups is 2. The SMILES string of the molecule is COc1cc(/C=C(/C#N)C(=O)Nc2ccc3c(c2)OCCO3)ccc1OC(=O)c1ccc(F)cc1. The molecular formula is C26H19FN2O6. The number of hydrogen-bond donors (Lipinski definition) is 1. The molecule has 0 bridgehead atoms. The number of amides is 1. The van der Waals surface area contributed by atoms with Crippen LogP contribution in [-0.2, 0) is 4.79 Å². The van der Waals surface area contributed by atoms with Gasteiger partial charge in [-0.15, -0.1) is 0 Å². The smallest absolute Gasteiger partial charge is 0.343 e. The fourth-order valence-electron chi connectivity index (χ4n) is 3.24. The number of hydrogen-bond acceptors (Lipinski definition) is 7. The van der Waals surface area contributed by atoms with Crippen molar-refractivity contribution in [1.82, 2.24) is 0 Å². The largest absolute Gasteiger partial charge is 0.493 e. The van der Waals surface area contributed by atoms with E-state index in [0.717, 1.165) is 12.1 Å². The molecule has 0 aliphatic carbocycles. The highest BCUT2D eigenvalue weighted by atomic mass is 19.1. The molecule has 0 aromatic heterocycles. The predicted molar refractivity (Wildman–Crippen MR) is 124 cm³/mol. The molecule has 35 heavy (non-hydrogen) atoms. The predicted octanol–water partition coefficient (Wildman–Crippen LogP) is 4.37. The summed E-state index contributed by atoms with van der Waals surface area (Å²) in [5, 5.41) is 12.2. The van der Waals surface area contributed by atoms with Crippen molar-refractivity contribution in [2.75, 3.05) is 25.6 Å². The van der Waals surface area contributed by atoms with E-state index in [2.05, 4.69) is 5.32 Å². The Morgan fingerprint density at radius 1 is 1.00 bits per heavy atom. The lowest BCUT2D eigenvalue weighted by Crippen LogP contribution is -2.17. The first-order valence-corrected chi connectivity index (χ1v) is 10.5. The molecule has 3 aromatic carbocycles. The van der Waals surface area contributed by atoms with Crippen LogP contribution in [-0.4, -0.2) is 32.2 Å². The van der Waals surface area contributed by atoms with Crippen molar-refractivity contribution >= 4 is 23.6 Å². The van der Waals surface area contributed by atoms with Gasteiger partial charge in [0.05, 0.1) is 12.7 Å². The summed E-state index contributed by atoms with van der Waals surface area (Å²) in [7, 11) is 1.39. The van der Waals surface area contributed by atoms with E-state index in [4.69, 9.17) is 18.9 Å². The van der Waals surface area contributed by atoms with Gasteiger partial charge < -0.3 is 24.3 Å². The molecule has 8 nitrogen and oxygen atoms in total. The maximum atomic E-state index is 13.1. The average molecular weight is 474 g/mol. The number of nitrogens with zero attached hydrogens (tertiary/aromatic N) is 1. The number of halogens is 1. The molecule has 1 heterocycles. The second-order valence-corrected chi connectivity index (χ2v) is 7.29. The van der Waals surface area contributed by atoms with Crippen LogP contribution in [0.4, 0.5) is 10.1 Å². The molecule has 0 radical (unpaired) electrons. The molecule has 0 fully saturated rings. The van der Waals surface area contributed by atoms with Gasteiger partial charge in [-0.25, -0.2) is 9.18 Å². The number of methoxy groups -OCH3 is 1. The standard InChI is InChI=1S/C26H19FN2O6/c1-32-23-13-16(2-8-22(23)35-26(31)17-3-5-19(27)6-4-17)12-18(15-28)25(30)29-20-7-9-21-24(14-20)34-11-10-33-21/h2-9,12-14H,10-11H2,1H3,(H,29,30)/b18-12-. The number of benzene rings is 3. The van der Waals surface area contributed by atoms with Crippen molar-refractivity contribution in [3.05, 3.63) is 83.2 Å². The Hall–Kier alpha value is -4.84. The first-order valence-electron chi connectivity index (χ1n) is 10.5. The molecule has 1 amide bonds. The lowest BCUT2D eigenvalue weighted by Gasteiger charge is -2.18. The highest BCUT2D eigenvalue weighted by Gasteiger charge is 2.16. The summed E-state index contributed by atoms with van der Waals surface area (Å²) in [6.07, 6.45) is 1.38. The van der Waals surface area contributed by atoms with Gasteiger partial charge >= 0.3 is 5.97 Å². The van der Waals surface area contributed by atoms with Crippen LogP contribution >= 0.6 is 0 Å². The summed E-state index contributed by atoms with van der Waals surface area (Å²) >= 11 is 0. The number of anilines is 1. The van der Waals surface area contributed by atoms with Gasteiger partial charge in [0.15, 0.2) is 23.0 Å². The minimum Gasteiger partial charge on any atom is -0.493 e. The normalized spacial score (nSPS) is 12.3. The van der Waals surface area contributed by atoms with Crippen LogP contribution in [0.5, 0.6) is 23.0 Å². The van der Waals surface area contributed by atoms with Gasteiger partial charge in [0, 0.05) is 11.8 Å². The molecule has 1 aliphatic rings. The van der Waals surface area contributed by atoms with Gasteiger partial charge in [-0.1, -0.05) is 6.07 Å². The van der Waals surface area contributed by atoms with Crippen molar-refractivity contribution in [2.45, 2.75) is 0 Å². The third kappa shape index (κ3) is 5.57. The summed E-state index contributed by atoms with van der Waals surface area (Å²) in [4.78, 5) is 25.0. The van der Waals surface area contributed by atoms with Crippen LogP contribution in [0, 0.1) is 17.1 Å². The Bertz CT molecular complexity index is 1340. The Morgan fingerprint density at radius 2 is 1.74 bits per heavy atom. The molecule has 4 rings (SSSR count). The Labute approximate surface area is 200 Å². The zero-order valence-electron chi connectivity index (χ0n) is 18.5. The molecule has 9 heteroatoms. The van der Waals surface area contributed by atoms with E-state index in [9.17, 15) is 19.2 Å². The van der Waals surface area contributed by atoms with Gasteiger partial charge in [0.1, 0.15) is 30.7 Å². The summed E-state index contributed by atoms with van der Waals surface area (Å²) in [6, 6.07) is 16.3. The molecule has 0 spiro atoms. The zero-order chi connectivity index (χ0) is 24.8. The molecular weight excluding hydrogens is 455 g/mol. The van der Waals surface area contributed by atoms with E-state index >= 15 is 0 Å². The van der Waals surface area contributed by atoms with Crippen molar-refractivity contribution in [3.63, 3.8) is 0 Å². The number of rotatable bonds is 6. The molecule has 1 N–H and O–H groups in total. The number of nitriles is 1. The number of ether oxygens (including phenoxy) is 4. The maximum absolute atomic E-state index is 13.1. The van der Waals surface area contributed by atoms with Crippen molar-refractivity contribution in [3.8, 4) is 29.1 Å². The minimum absolute atomic E-state index is 0.123. The van der Waals surface area contributed by atoms with Crippen LogP contribution in [0.15, 0.2) is 66.2 Å².